The number of ketones is 1. The third kappa shape index (κ3) is 6.99. The van der Waals surface area contributed by atoms with Crippen molar-refractivity contribution in [3.63, 3.8) is 0 Å². The van der Waals surface area contributed by atoms with Crippen LogP contribution < -0.4 is 10.4 Å². The topological polar surface area (TPSA) is 91.4 Å². The minimum Gasteiger partial charge on any atom is -0.465 e. The second-order valence-electron chi connectivity index (χ2n) is 12.6. The summed E-state index contributed by atoms with van der Waals surface area (Å²) in [6.45, 7) is 12.3. The number of allylic oxidation sites excluding steroid dienone is 7. The Morgan fingerprint density at radius 2 is 1.57 bits per heavy atom. The molecule has 0 bridgehead atoms. The number of methoxy groups -OCH3 is 1. The van der Waals surface area contributed by atoms with E-state index in [1.165, 1.54) is 17.5 Å². The third-order valence-electron chi connectivity index (χ3n) is 8.43. The quantitative estimate of drug-likeness (QED) is 0.0692. The smallest absolute Gasteiger partial charge is 0.350 e. The number of carbonyl (C=O) groups excluding carboxylic acids is 3. The van der Waals surface area contributed by atoms with Gasteiger partial charge in [-0.2, -0.15) is 0 Å². The van der Waals surface area contributed by atoms with Gasteiger partial charge in [-0.25, -0.2) is 9.59 Å². The lowest BCUT2D eigenvalue weighted by molar-refractivity contribution is -0.156. The lowest BCUT2D eigenvalue weighted by atomic mass is 9.94. The molecule has 2 heterocycles. The molecule has 3 atom stereocenters. The normalized spacial score (nSPS) is 22.2. The molecule has 2 aromatic rings. The van der Waals surface area contributed by atoms with Crippen LogP contribution in [0.25, 0.3) is 0 Å². The van der Waals surface area contributed by atoms with E-state index in [2.05, 4.69) is 45.0 Å². The van der Waals surface area contributed by atoms with Crippen LogP contribution in [0, 0.1) is 0 Å². The van der Waals surface area contributed by atoms with Gasteiger partial charge < -0.3 is 18.6 Å². The maximum Gasteiger partial charge on any atom is 0.350 e. The molecule has 46 heavy (non-hydrogen) atoms. The number of Topliss-reactive ketones (excluding diaryl/α,β-unsaturated/α-hetero) is 1. The van der Waals surface area contributed by atoms with Crippen molar-refractivity contribution in [2.24, 2.45) is 0 Å². The Hall–Kier alpha value is -4.11. The first kappa shape index (κ1) is 34.8. The summed E-state index contributed by atoms with van der Waals surface area (Å²) in [7, 11) is -1.41. The average molecular weight is 641 g/mol. The summed E-state index contributed by atoms with van der Waals surface area (Å²) in [6.07, 6.45) is 11.4. The van der Waals surface area contributed by atoms with Crippen molar-refractivity contribution in [3.8, 4) is 0 Å². The molecule has 0 spiro atoms. The maximum absolute atomic E-state index is 13.4. The predicted octanol–water partition coefficient (Wildman–Crippen LogP) is 5.71. The van der Waals surface area contributed by atoms with Crippen molar-refractivity contribution >= 4 is 36.4 Å². The predicted molar refractivity (Wildman–Crippen MR) is 182 cm³/mol. The fourth-order valence-electron chi connectivity index (χ4n) is 6.04. The average Bonchev–Trinajstić information content (AvgIpc) is 3.75. The number of fused-ring (bicyclic) bond motifs is 1. The SMILES string of the molecule is C\C=C(/C=C(C)/C=C/C=C/C=C(\C)C(=O)[C@]12O[C@H]1[C@H](CCO[Si](c1ccccc1)(c1ccccc1)C(C)(C)C)OC2=O)C(=O)OC. The highest BCUT2D eigenvalue weighted by Gasteiger charge is 2.77. The molecule has 0 aliphatic carbocycles. The Balaban J connectivity index is 1.42. The van der Waals surface area contributed by atoms with Gasteiger partial charge >= 0.3 is 11.9 Å². The number of carbonyl (C=O) groups is 3. The lowest BCUT2D eigenvalue weighted by Crippen LogP contribution is -2.66. The lowest BCUT2D eigenvalue weighted by Gasteiger charge is -2.43. The Labute approximate surface area is 273 Å². The van der Waals surface area contributed by atoms with Gasteiger partial charge in [0.15, 0.2) is 0 Å². The van der Waals surface area contributed by atoms with Crippen LogP contribution in [0.5, 0.6) is 0 Å². The molecule has 8 heteroatoms. The van der Waals surface area contributed by atoms with E-state index in [0.29, 0.717) is 24.2 Å². The zero-order valence-corrected chi connectivity index (χ0v) is 28.7. The van der Waals surface area contributed by atoms with Crippen molar-refractivity contribution in [2.45, 2.75) is 70.8 Å². The molecule has 0 saturated carbocycles. The molecule has 0 unspecified atom stereocenters. The molecule has 2 aliphatic rings. The molecule has 0 amide bonds. The number of hydrogen-bond donors (Lipinski definition) is 0. The Kier molecular flexibility index (Phi) is 11.0. The largest absolute Gasteiger partial charge is 0.465 e. The van der Waals surface area contributed by atoms with Crippen LogP contribution in [0.3, 0.4) is 0 Å². The Bertz CT molecular complexity index is 1540. The van der Waals surface area contributed by atoms with Crippen molar-refractivity contribution in [3.05, 3.63) is 120 Å². The first-order chi connectivity index (χ1) is 21.9. The molecule has 0 radical (unpaired) electrons. The Morgan fingerprint density at radius 1 is 0.957 bits per heavy atom. The third-order valence-corrected chi connectivity index (χ3v) is 13.5. The van der Waals surface area contributed by atoms with Crippen LogP contribution in [0.1, 0.15) is 48.0 Å². The number of epoxide rings is 1. The molecule has 7 nitrogen and oxygen atoms in total. The monoisotopic (exact) mass is 640 g/mol. The second kappa shape index (κ2) is 14.5. The van der Waals surface area contributed by atoms with Crippen molar-refractivity contribution in [1.29, 1.82) is 0 Å². The van der Waals surface area contributed by atoms with E-state index in [1.54, 1.807) is 50.3 Å². The first-order valence-corrected chi connectivity index (χ1v) is 17.5. The zero-order chi connectivity index (χ0) is 33.5. The van der Waals surface area contributed by atoms with Crippen LogP contribution in [0.15, 0.2) is 120 Å². The number of rotatable bonds is 13. The minimum absolute atomic E-state index is 0.185. The van der Waals surface area contributed by atoms with Gasteiger partial charge in [-0.1, -0.05) is 123 Å². The number of hydrogen-bond acceptors (Lipinski definition) is 7. The minimum atomic E-state index is -2.75. The van der Waals surface area contributed by atoms with Gasteiger partial charge in [-0.15, -0.1) is 0 Å². The van der Waals surface area contributed by atoms with Gasteiger partial charge in [0.25, 0.3) is 13.9 Å². The number of cyclic esters (lactones) is 1. The van der Waals surface area contributed by atoms with Crippen molar-refractivity contribution < 1.29 is 33.0 Å². The van der Waals surface area contributed by atoms with E-state index in [9.17, 15) is 14.4 Å². The Morgan fingerprint density at radius 3 is 2.09 bits per heavy atom. The van der Waals surface area contributed by atoms with Crippen LogP contribution in [-0.4, -0.2) is 57.6 Å². The van der Waals surface area contributed by atoms with Crippen LogP contribution in [0.2, 0.25) is 5.04 Å². The summed E-state index contributed by atoms with van der Waals surface area (Å²) in [5.41, 5.74) is 0.126. The van der Waals surface area contributed by atoms with Gasteiger partial charge in [-0.3, -0.25) is 4.79 Å². The van der Waals surface area contributed by atoms with E-state index in [4.69, 9.17) is 18.6 Å². The van der Waals surface area contributed by atoms with Gasteiger partial charge in [0.1, 0.15) is 12.2 Å². The number of esters is 2. The van der Waals surface area contributed by atoms with Crippen molar-refractivity contribution in [2.75, 3.05) is 13.7 Å². The van der Waals surface area contributed by atoms with E-state index >= 15 is 0 Å². The van der Waals surface area contributed by atoms with E-state index in [1.807, 2.05) is 49.4 Å². The van der Waals surface area contributed by atoms with Gasteiger partial charge in [-0.05, 0) is 47.8 Å². The molecular weight excluding hydrogens is 596 g/mol. The standard InChI is InChI=1S/C38H44O7Si/c1-8-29(35(40)42-7)26-27(2)18-12-9-13-19-28(3)33(39)38-34(45-38)32(44-36(38)41)24-25-43-46(37(4,5)6,30-20-14-10-15-21-30)31-22-16-11-17-23-31/h8-23,26,32,34H,24-25H2,1-7H3/b13-9+,18-12+,27-26+,28-19+,29-8+/t32-,34-,38-/m0/s1. The molecule has 0 N–H and O–H groups in total. The second-order valence-corrected chi connectivity index (χ2v) is 16.9. The highest BCUT2D eigenvalue weighted by atomic mass is 28.4. The molecule has 4 rings (SSSR count). The highest BCUT2D eigenvalue weighted by molar-refractivity contribution is 6.99. The number of benzene rings is 2. The first-order valence-electron chi connectivity index (χ1n) is 15.6. The van der Waals surface area contributed by atoms with Gasteiger partial charge in [0.05, 0.1) is 12.7 Å². The molecular formula is C38H44O7Si. The summed E-state index contributed by atoms with van der Waals surface area (Å²) in [5.74, 6) is -1.43. The van der Waals surface area contributed by atoms with Crippen LogP contribution in [-0.2, 0) is 33.0 Å². The summed E-state index contributed by atoms with van der Waals surface area (Å²) in [5, 5.41) is 2.15. The fraction of sp³-hybridized carbons (Fsp3) is 0.342. The molecule has 2 aromatic carbocycles. The molecule has 242 valence electrons. The van der Waals surface area contributed by atoms with Crippen LogP contribution >= 0.6 is 0 Å². The van der Waals surface area contributed by atoms with E-state index in [0.717, 1.165) is 5.57 Å². The summed E-state index contributed by atoms with van der Waals surface area (Å²) in [6, 6.07) is 20.7. The van der Waals surface area contributed by atoms with E-state index in [-0.39, 0.29) is 5.04 Å². The van der Waals surface area contributed by atoms with Gasteiger partial charge in [0.2, 0.25) is 5.78 Å². The summed E-state index contributed by atoms with van der Waals surface area (Å²) < 4.78 is 23.2. The van der Waals surface area contributed by atoms with Crippen LogP contribution in [0.4, 0.5) is 0 Å². The molecule has 2 fully saturated rings. The number of ether oxygens (including phenoxy) is 3. The maximum atomic E-state index is 13.4. The fourth-order valence-corrected chi connectivity index (χ4v) is 10.6. The molecule has 0 aromatic heterocycles. The molecule has 2 aliphatic heterocycles. The zero-order valence-electron chi connectivity index (χ0n) is 27.7. The van der Waals surface area contributed by atoms with Gasteiger partial charge in [0, 0.05) is 13.0 Å². The summed E-state index contributed by atoms with van der Waals surface area (Å²) in [4.78, 5) is 38.1. The van der Waals surface area contributed by atoms with E-state index < -0.39 is 43.8 Å². The molecule has 2 saturated heterocycles. The van der Waals surface area contributed by atoms with Crippen molar-refractivity contribution in [1.82, 2.24) is 0 Å². The highest BCUT2D eigenvalue weighted by Crippen LogP contribution is 2.50. The summed E-state index contributed by atoms with van der Waals surface area (Å²) >= 11 is 0.